The molecule has 0 aliphatic heterocycles. The molecule has 0 aliphatic rings. The van der Waals surface area contributed by atoms with Gasteiger partial charge in [-0.05, 0) is 63.9 Å². The molecule has 4 aromatic rings. The summed E-state index contributed by atoms with van der Waals surface area (Å²) in [5, 5.41) is 0. The largest absolute Gasteiger partial charge is 0.458 e. The van der Waals surface area contributed by atoms with Crippen LogP contribution in [0.25, 0.3) is 33.4 Å². The molecule has 5 heteroatoms. The van der Waals surface area contributed by atoms with Gasteiger partial charge in [-0.3, -0.25) is 0 Å². The Bertz CT molecular complexity index is 1380. The summed E-state index contributed by atoms with van der Waals surface area (Å²) in [4.78, 5) is 0. The highest BCUT2D eigenvalue weighted by molar-refractivity contribution is 5.73. The van der Waals surface area contributed by atoms with Crippen molar-refractivity contribution in [2.75, 3.05) is 0 Å². The molecule has 0 aliphatic carbocycles. The van der Waals surface area contributed by atoms with Gasteiger partial charge in [-0.2, -0.15) is 13.2 Å². The summed E-state index contributed by atoms with van der Waals surface area (Å²) < 4.78 is 65.4. The Kier molecular flexibility index (Phi) is 8.08. The zero-order valence-corrected chi connectivity index (χ0v) is 20.3. The fourth-order valence-electron chi connectivity index (χ4n) is 4.15. The van der Waals surface area contributed by atoms with Gasteiger partial charge < -0.3 is 0 Å². The van der Waals surface area contributed by atoms with Gasteiger partial charge in [-0.15, -0.1) is 0 Å². The standard InChI is InChI=1S/C32H25F5/c1-2-3-4-5-22-6-8-23(9-7-22)24-10-12-25(13-11-24)26-14-16-27(17-15-26)28-20-30(33)29(31(34)21-28)18-19-32(35,36)37/h6-17,20-21H,2-5H2,1H3. The number of benzene rings is 4. The molecular weight excluding hydrogens is 479 g/mol. The van der Waals surface area contributed by atoms with Crippen LogP contribution in [-0.2, 0) is 6.42 Å². The zero-order chi connectivity index (χ0) is 26.4. The second-order valence-corrected chi connectivity index (χ2v) is 8.87. The van der Waals surface area contributed by atoms with E-state index in [-0.39, 0.29) is 5.56 Å². The number of hydrogen-bond donors (Lipinski definition) is 0. The number of alkyl halides is 3. The third-order valence-electron chi connectivity index (χ3n) is 6.16. The molecule has 0 radical (unpaired) electrons. The smallest absolute Gasteiger partial charge is 0.205 e. The van der Waals surface area contributed by atoms with Crippen LogP contribution in [0.3, 0.4) is 0 Å². The average molecular weight is 505 g/mol. The second-order valence-electron chi connectivity index (χ2n) is 8.87. The van der Waals surface area contributed by atoms with Gasteiger partial charge in [0.25, 0.3) is 0 Å². The molecule has 0 aromatic heterocycles. The topological polar surface area (TPSA) is 0 Å². The fraction of sp³-hybridized carbons (Fsp3) is 0.188. The molecule has 0 bridgehead atoms. The van der Waals surface area contributed by atoms with Crippen molar-refractivity contribution >= 4 is 0 Å². The van der Waals surface area contributed by atoms with Gasteiger partial charge in [-0.1, -0.05) is 98.5 Å². The maximum absolute atomic E-state index is 14.3. The first-order chi connectivity index (χ1) is 17.7. The summed E-state index contributed by atoms with van der Waals surface area (Å²) in [5.41, 5.74) is 5.37. The van der Waals surface area contributed by atoms with E-state index in [0.29, 0.717) is 5.56 Å². The van der Waals surface area contributed by atoms with E-state index in [0.717, 1.165) is 46.7 Å². The van der Waals surface area contributed by atoms with Gasteiger partial charge >= 0.3 is 6.18 Å². The maximum atomic E-state index is 14.3. The van der Waals surface area contributed by atoms with Crippen LogP contribution < -0.4 is 0 Å². The lowest BCUT2D eigenvalue weighted by atomic mass is 9.97. The van der Waals surface area contributed by atoms with E-state index in [9.17, 15) is 22.0 Å². The van der Waals surface area contributed by atoms with Gasteiger partial charge in [-0.25, -0.2) is 8.78 Å². The number of halogens is 5. The van der Waals surface area contributed by atoms with Crippen molar-refractivity contribution in [1.29, 1.82) is 0 Å². The van der Waals surface area contributed by atoms with E-state index in [1.54, 1.807) is 12.1 Å². The lowest BCUT2D eigenvalue weighted by Gasteiger charge is -2.09. The molecule has 0 saturated carbocycles. The average Bonchev–Trinajstić information content (AvgIpc) is 2.88. The van der Waals surface area contributed by atoms with Crippen LogP contribution >= 0.6 is 0 Å². The molecule has 0 heterocycles. The maximum Gasteiger partial charge on any atom is 0.458 e. The monoisotopic (exact) mass is 504 g/mol. The highest BCUT2D eigenvalue weighted by atomic mass is 19.4. The Morgan fingerprint density at radius 1 is 0.595 bits per heavy atom. The molecule has 37 heavy (non-hydrogen) atoms. The molecule has 0 amide bonds. The van der Waals surface area contributed by atoms with Crippen molar-refractivity contribution in [2.45, 2.75) is 38.8 Å². The minimum Gasteiger partial charge on any atom is -0.205 e. The Morgan fingerprint density at radius 2 is 1.00 bits per heavy atom. The first-order valence-corrected chi connectivity index (χ1v) is 12.1. The summed E-state index contributed by atoms with van der Waals surface area (Å²) in [6, 6.07) is 25.9. The van der Waals surface area contributed by atoms with Crippen molar-refractivity contribution < 1.29 is 22.0 Å². The summed E-state index contributed by atoms with van der Waals surface area (Å²) in [7, 11) is 0. The van der Waals surface area contributed by atoms with Crippen molar-refractivity contribution in [3.63, 3.8) is 0 Å². The fourth-order valence-corrected chi connectivity index (χ4v) is 4.15. The van der Waals surface area contributed by atoms with Crippen LogP contribution in [0.1, 0.15) is 37.3 Å². The Balaban J connectivity index is 1.48. The lowest BCUT2D eigenvalue weighted by Crippen LogP contribution is -2.02. The molecule has 4 rings (SSSR count). The van der Waals surface area contributed by atoms with Crippen molar-refractivity contribution in [3.05, 3.63) is 108 Å². The summed E-state index contributed by atoms with van der Waals surface area (Å²) >= 11 is 0. The quantitative estimate of drug-likeness (QED) is 0.134. The van der Waals surface area contributed by atoms with E-state index in [1.165, 1.54) is 30.7 Å². The van der Waals surface area contributed by atoms with Crippen LogP contribution in [0.5, 0.6) is 0 Å². The first-order valence-electron chi connectivity index (χ1n) is 12.1. The van der Waals surface area contributed by atoms with Gasteiger partial charge in [0.05, 0.1) is 5.56 Å². The van der Waals surface area contributed by atoms with E-state index in [4.69, 9.17) is 0 Å². The van der Waals surface area contributed by atoms with Crippen LogP contribution in [0.4, 0.5) is 22.0 Å². The van der Waals surface area contributed by atoms with Crippen molar-refractivity contribution in [2.24, 2.45) is 0 Å². The number of rotatable bonds is 7. The molecule has 0 N–H and O–H groups in total. The summed E-state index contributed by atoms with van der Waals surface area (Å²) in [6.07, 6.45) is -0.0793. The minimum atomic E-state index is -4.83. The number of unbranched alkanes of at least 4 members (excludes halogenated alkanes) is 2. The molecule has 0 unspecified atom stereocenters. The predicted molar refractivity (Wildman–Crippen MR) is 139 cm³/mol. The Labute approximate surface area is 213 Å². The highest BCUT2D eigenvalue weighted by Crippen LogP contribution is 2.29. The predicted octanol–water partition coefficient (Wildman–Crippen LogP) is 9.61. The van der Waals surface area contributed by atoms with Gasteiger partial charge in [0.1, 0.15) is 11.6 Å². The Morgan fingerprint density at radius 3 is 1.41 bits per heavy atom. The van der Waals surface area contributed by atoms with Crippen LogP contribution in [0.2, 0.25) is 0 Å². The molecule has 0 saturated heterocycles. The third kappa shape index (κ3) is 6.86. The van der Waals surface area contributed by atoms with Crippen LogP contribution in [0.15, 0.2) is 84.9 Å². The molecule has 0 fully saturated rings. The highest BCUT2D eigenvalue weighted by Gasteiger charge is 2.23. The second kappa shape index (κ2) is 11.4. The summed E-state index contributed by atoms with van der Waals surface area (Å²) in [5.74, 6) is 0.158. The first kappa shape index (κ1) is 26.2. The number of aryl methyl sites for hydroxylation is 1. The van der Waals surface area contributed by atoms with Crippen LogP contribution in [0, 0.1) is 23.5 Å². The van der Waals surface area contributed by atoms with E-state index >= 15 is 0 Å². The summed E-state index contributed by atoms with van der Waals surface area (Å²) in [6.45, 7) is 2.20. The van der Waals surface area contributed by atoms with E-state index in [2.05, 4.69) is 43.3 Å². The number of hydrogen-bond acceptors (Lipinski definition) is 0. The van der Waals surface area contributed by atoms with Gasteiger partial charge in [0, 0.05) is 5.92 Å². The third-order valence-corrected chi connectivity index (χ3v) is 6.16. The zero-order valence-electron chi connectivity index (χ0n) is 20.3. The van der Waals surface area contributed by atoms with E-state index in [1.807, 2.05) is 24.3 Å². The van der Waals surface area contributed by atoms with Crippen LogP contribution in [-0.4, -0.2) is 6.18 Å². The molecule has 0 atom stereocenters. The Hall–Kier alpha value is -3.91. The van der Waals surface area contributed by atoms with Gasteiger partial charge in [0.15, 0.2) is 0 Å². The van der Waals surface area contributed by atoms with E-state index < -0.39 is 23.4 Å². The van der Waals surface area contributed by atoms with Crippen molar-refractivity contribution in [1.82, 2.24) is 0 Å². The lowest BCUT2D eigenvalue weighted by molar-refractivity contribution is -0.0696. The van der Waals surface area contributed by atoms with Crippen molar-refractivity contribution in [3.8, 4) is 45.2 Å². The molecule has 188 valence electrons. The molecule has 0 nitrogen and oxygen atoms in total. The molecule has 0 spiro atoms. The molecule has 4 aromatic carbocycles. The van der Waals surface area contributed by atoms with Gasteiger partial charge in [0.2, 0.25) is 0 Å². The molecular formula is C32H25F5. The SMILES string of the molecule is CCCCCc1ccc(-c2ccc(-c3ccc(-c4cc(F)c(C#CC(F)(F)F)c(F)c4)cc3)cc2)cc1. The minimum absolute atomic E-state index is 0.215. The normalized spacial score (nSPS) is 11.2.